The number of unbranched alkanes of at least 4 members (excludes halogenated alkanes) is 7. The molecule has 176 valence electrons. The lowest BCUT2D eigenvalue weighted by Crippen LogP contribution is -2.05. The highest BCUT2D eigenvalue weighted by molar-refractivity contribution is 9.10. The van der Waals surface area contributed by atoms with Crippen LogP contribution in [0.15, 0.2) is 57.6 Å². The van der Waals surface area contributed by atoms with E-state index in [1.807, 2.05) is 42.5 Å². The zero-order valence-corrected chi connectivity index (χ0v) is 21.0. The average Bonchev–Trinajstić information content (AvgIpc) is 3.18. The lowest BCUT2D eigenvalue weighted by atomic mass is 10.1. The molecule has 0 aromatic heterocycles. The van der Waals surface area contributed by atoms with Gasteiger partial charge in [-0.15, -0.1) is 0 Å². The molecule has 0 aliphatic carbocycles. The van der Waals surface area contributed by atoms with Gasteiger partial charge >= 0.3 is 5.97 Å². The first-order valence-electron chi connectivity index (χ1n) is 11.7. The van der Waals surface area contributed by atoms with E-state index in [1.54, 1.807) is 13.2 Å². The van der Waals surface area contributed by atoms with Crippen LogP contribution in [-0.2, 0) is 9.53 Å². The molecule has 1 aliphatic heterocycles. The van der Waals surface area contributed by atoms with Gasteiger partial charge in [0.2, 0.25) is 5.90 Å². The monoisotopic (exact) mass is 513 g/mol. The van der Waals surface area contributed by atoms with Gasteiger partial charge in [-0.2, -0.15) is 0 Å². The summed E-state index contributed by atoms with van der Waals surface area (Å²) in [6, 6.07) is 13.1. The second kappa shape index (κ2) is 13.2. The average molecular weight is 514 g/mol. The Bertz CT molecular complexity index is 982. The van der Waals surface area contributed by atoms with Crippen LogP contribution in [0.4, 0.5) is 0 Å². The van der Waals surface area contributed by atoms with Crippen molar-refractivity contribution in [1.82, 2.24) is 0 Å². The molecule has 0 radical (unpaired) electrons. The Morgan fingerprint density at radius 1 is 0.970 bits per heavy atom. The number of ether oxygens (including phenoxy) is 3. The zero-order valence-electron chi connectivity index (χ0n) is 19.4. The van der Waals surface area contributed by atoms with Crippen molar-refractivity contribution in [3.05, 3.63) is 63.8 Å². The minimum absolute atomic E-state index is 0.233. The number of hydrogen-bond acceptors (Lipinski definition) is 5. The van der Waals surface area contributed by atoms with E-state index in [0.29, 0.717) is 12.4 Å². The molecule has 0 saturated carbocycles. The third-order valence-corrected chi connectivity index (χ3v) is 5.97. The molecule has 0 unspecified atom stereocenters. The molecular formula is C27H32BrNO4. The maximum atomic E-state index is 12.3. The number of hydrogen-bond donors (Lipinski definition) is 0. The number of carbonyl (C=O) groups excluding carboxylic acids is 1. The lowest BCUT2D eigenvalue weighted by Gasteiger charge is -2.07. The van der Waals surface area contributed by atoms with Crippen molar-refractivity contribution >= 4 is 33.9 Å². The molecule has 2 aromatic carbocycles. The molecule has 1 aliphatic rings. The second-order valence-corrected chi connectivity index (χ2v) is 8.99. The normalized spacial score (nSPS) is 14.3. The van der Waals surface area contributed by atoms with Crippen LogP contribution < -0.4 is 9.47 Å². The Balaban J connectivity index is 1.51. The molecule has 0 amide bonds. The molecular weight excluding hydrogens is 482 g/mol. The van der Waals surface area contributed by atoms with Gasteiger partial charge < -0.3 is 14.2 Å². The van der Waals surface area contributed by atoms with E-state index < -0.39 is 5.97 Å². The topological polar surface area (TPSA) is 57.1 Å². The number of halogens is 1. The van der Waals surface area contributed by atoms with E-state index in [1.165, 1.54) is 44.9 Å². The highest BCUT2D eigenvalue weighted by atomic mass is 79.9. The number of aliphatic imine (C=N–C) groups is 1. The van der Waals surface area contributed by atoms with Crippen molar-refractivity contribution in [3.63, 3.8) is 0 Å². The van der Waals surface area contributed by atoms with Gasteiger partial charge in [0, 0.05) is 15.6 Å². The van der Waals surface area contributed by atoms with Gasteiger partial charge in [-0.05, 0) is 55.0 Å². The number of rotatable bonds is 13. The maximum absolute atomic E-state index is 12.3. The minimum atomic E-state index is -0.484. The molecule has 6 heteroatoms. The second-order valence-electron chi connectivity index (χ2n) is 8.07. The first-order valence-corrected chi connectivity index (χ1v) is 12.5. The SMILES string of the molecule is CCCCCCCCCCOc1ccc(C2=NC(=Cc3cc(Br)ccc3OC)C(=O)O2)cc1. The van der Waals surface area contributed by atoms with Gasteiger partial charge in [0.25, 0.3) is 0 Å². The van der Waals surface area contributed by atoms with E-state index in [0.717, 1.165) is 27.8 Å². The first kappa shape index (κ1) is 25.0. The highest BCUT2D eigenvalue weighted by Gasteiger charge is 2.24. The molecule has 2 aromatic rings. The summed E-state index contributed by atoms with van der Waals surface area (Å²) in [5, 5.41) is 0. The summed E-state index contributed by atoms with van der Waals surface area (Å²) in [4.78, 5) is 16.7. The van der Waals surface area contributed by atoms with Gasteiger partial charge in [-0.1, -0.05) is 67.8 Å². The highest BCUT2D eigenvalue weighted by Crippen LogP contribution is 2.27. The number of methoxy groups -OCH3 is 1. The van der Waals surface area contributed by atoms with Crippen LogP contribution >= 0.6 is 15.9 Å². The van der Waals surface area contributed by atoms with Gasteiger partial charge in [0.05, 0.1) is 13.7 Å². The van der Waals surface area contributed by atoms with Gasteiger partial charge in [0.15, 0.2) is 5.70 Å². The zero-order chi connectivity index (χ0) is 23.5. The summed E-state index contributed by atoms with van der Waals surface area (Å²) >= 11 is 3.44. The van der Waals surface area contributed by atoms with Crippen LogP contribution in [0.2, 0.25) is 0 Å². The summed E-state index contributed by atoms with van der Waals surface area (Å²) < 4.78 is 17.5. The number of carbonyl (C=O) groups is 1. The molecule has 0 saturated heterocycles. The minimum Gasteiger partial charge on any atom is -0.496 e. The van der Waals surface area contributed by atoms with E-state index in [4.69, 9.17) is 14.2 Å². The maximum Gasteiger partial charge on any atom is 0.363 e. The molecule has 0 N–H and O–H groups in total. The molecule has 1 heterocycles. The van der Waals surface area contributed by atoms with Crippen molar-refractivity contribution in [3.8, 4) is 11.5 Å². The van der Waals surface area contributed by atoms with Crippen LogP contribution in [0.25, 0.3) is 6.08 Å². The molecule has 0 fully saturated rings. The third-order valence-electron chi connectivity index (χ3n) is 5.47. The standard InChI is InChI=1S/C27H32BrNO4/c1-3-4-5-6-7-8-9-10-17-32-23-14-11-20(12-15-23)26-29-24(27(30)33-26)19-21-18-22(28)13-16-25(21)31-2/h11-16,18-19H,3-10,17H2,1-2H3. The Morgan fingerprint density at radius 2 is 1.67 bits per heavy atom. The predicted octanol–water partition coefficient (Wildman–Crippen LogP) is 7.32. The van der Waals surface area contributed by atoms with Crippen LogP contribution in [0.1, 0.15) is 69.4 Å². The fraction of sp³-hybridized carbons (Fsp3) is 0.407. The van der Waals surface area contributed by atoms with Crippen LogP contribution in [-0.4, -0.2) is 25.6 Å². The lowest BCUT2D eigenvalue weighted by molar-refractivity contribution is -0.129. The molecule has 33 heavy (non-hydrogen) atoms. The van der Waals surface area contributed by atoms with Crippen molar-refractivity contribution in [1.29, 1.82) is 0 Å². The van der Waals surface area contributed by atoms with E-state index in [-0.39, 0.29) is 11.6 Å². The number of cyclic esters (lactones) is 1. The van der Waals surface area contributed by atoms with Crippen LogP contribution in [0.3, 0.4) is 0 Å². The number of esters is 1. The third kappa shape index (κ3) is 7.74. The number of benzene rings is 2. The fourth-order valence-electron chi connectivity index (χ4n) is 3.62. The quantitative estimate of drug-likeness (QED) is 0.160. The first-order chi connectivity index (χ1) is 16.1. The summed E-state index contributed by atoms with van der Waals surface area (Å²) in [6.07, 6.45) is 11.9. The van der Waals surface area contributed by atoms with Gasteiger partial charge in [-0.25, -0.2) is 9.79 Å². The van der Waals surface area contributed by atoms with E-state index in [2.05, 4.69) is 27.8 Å². The Hall–Kier alpha value is -2.60. The van der Waals surface area contributed by atoms with Crippen LogP contribution in [0.5, 0.6) is 11.5 Å². The Labute approximate surface area is 205 Å². The molecule has 0 spiro atoms. The van der Waals surface area contributed by atoms with Gasteiger partial charge in [-0.3, -0.25) is 0 Å². The van der Waals surface area contributed by atoms with Crippen molar-refractivity contribution in [2.45, 2.75) is 58.3 Å². The van der Waals surface area contributed by atoms with Crippen molar-refractivity contribution in [2.75, 3.05) is 13.7 Å². The summed E-state index contributed by atoms with van der Waals surface area (Å²) in [7, 11) is 1.59. The van der Waals surface area contributed by atoms with E-state index >= 15 is 0 Å². The summed E-state index contributed by atoms with van der Waals surface area (Å²) in [5.74, 6) is 1.26. The molecule has 0 bridgehead atoms. The summed E-state index contributed by atoms with van der Waals surface area (Å²) in [6.45, 7) is 2.96. The largest absolute Gasteiger partial charge is 0.496 e. The molecule has 0 atom stereocenters. The predicted molar refractivity (Wildman–Crippen MR) is 136 cm³/mol. The van der Waals surface area contributed by atoms with Crippen molar-refractivity contribution < 1.29 is 19.0 Å². The van der Waals surface area contributed by atoms with Crippen LogP contribution in [0, 0.1) is 0 Å². The van der Waals surface area contributed by atoms with E-state index in [9.17, 15) is 4.79 Å². The smallest absolute Gasteiger partial charge is 0.363 e. The van der Waals surface area contributed by atoms with Gasteiger partial charge in [0.1, 0.15) is 11.5 Å². The molecule has 3 rings (SSSR count). The number of nitrogens with zero attached hydrogens (tertiary/aromatic N) is 1. The molecule has 5 nitrogen and oxygen atoms in total. The Morgan fingerprint density at radius 3 is 2.36 bits per heavy atom. The van der Waals surface area contributed by atoms with Crippen molar-refractivity contribution in [2.24, 2.45) is 4.99 Å². The fourth-order valence-corrected chi connectivity index (χ4v) is 4.00. The summed E-state index contributed by atoms with van der Waals surface area (Å²) in [5.41, 5.74) is 1.71. The Kier molecular flexibility index (Phi) is 10.0.